The van der Waals surface area contributed by atoms with Gasteiger partial charge in [-0.3, -0.25) is 48.0 Å². The lowest BCUT2D eigenvalue weighted by atomic mass is 9.95. The van der Waals surface area contributed by atoms with E-state index in [-0.39, 0.29) is 84.3 Å². The molecule has 16 heteroatoms. The monoisotopic (exact) mass is 863 g/mol. The Balaban J connectivity index is 0.889. The lowest BCUT2D eigenvalue weighted by Gasteiger charge is -2.30. The first-order valence-electron chi connectivity index (χ1n) is 20.9. The average molecular weight is 864 g/mol. The van der Waals surface area contributed by atoms with Gasteiger partial charge in [0.25, 0.3) is 17.7 Å². The lowest BCUT2D eigenvalue weighted by molar-refractivity contribution is -0.137. The minimum Gasteiger partial charge on any atom is -0.493 e. The van der Waals surface area contributed by atoms with E-state index in [2.05, 4.69) is 22.5 Å². The second-order valence-corrected chi connectivity index (χ2v) is 17.2. The molecule has 2 fully saturated rings. The van der Waals surface area contributed by atoms with E-state index in [1.54, 1.807) is 42.5 Å². The van der Waals surface area contributed by atoms with Crippen molar-refractivity contribution in [1.29, 1.82) is 0 Å². The van der Waals surface area contributed by atoms with Gasteiger partial charge in [0, 0.05) is 78.7 Å². The standard InChI is InChI=1S/C46H49N5O10S/c1-4-61-38-25-30(17-19-37(38)60-2)36(27-62(3)59)51-45(57)32-11-8-12-34(42(32)46(51)58)47-39(52)13-5-6-14-41(54)49-23-21-28(22-24-49)15-16-29-9-7-10-31-33(29)26-50(44(31)56)35-18-20-40(53)48-43(35)55/h7-12,17,19,25,28,35-36H,4-6,13-14,18,20-24,26-27H2,1-3H3,(H,47,52)(H,48,53,55). The minimum atomic E-state index is -1.39. The highest BCUT2D eigenvalue weighted by atomic mass is 32.2. The summed E-state index contributed by atoms with van der Waals surface area (Å²) in [5.41, 5.74) is 2.97. The quantitative estimate of drug-likeness (QED) is 0.134. The highest BCUT2D eigenvalue weighted by Gasteiger charge is 2.43. The number of methoxy groups -OCH3 is 1. The van der Waals surface area contributed by atoms with Crippen molar-refractivity contribution in [1.82, 2.24) is 20.0 Å². The van der Waals surface area contributed by atoms with Crippen LogP contribution < -0.4 is 20.1 Å². The highest BCUT2D eigenvalue weighted by molar-refractivity contribution is 7.84. The van der Waals surface area contributed by atoms with E-state index in [9.17, 15) is 37.8 Å². The number of carbonyl (C=O) groups excluding carboxylic acids is 7. The molecule has 3 aromatic rings. The first kappa shape index (κ1) is 43.7. The van der Waals surface area contributed by atoms with Gasteiger partial charge in [0.15, 0.2) is 11.5 Å². The van der Waals surface area contributed by atoms with E-state index in [0.717, 1.165) is 16.0 Å². The van der Waals surface area contributed by atoms with Crippen molar-refractivity contribution in [2.24, 2.45) is 5.92 Å². The van der Waals surface area contributed by atoms with Crippen LogP contribution in [-0.4, -0.2) is 105 Å². The number of benzene rings is 3. The number of nitrogens with zero attached hydrogens (tertiary/aromatic N) is 3. The molecule has 0 aromatic heterocycles. The van der Waals surface area contributed by atoms with Crippen LogP contribution in [0.1, 0.15) is 112 Å². The summed E-state index contributed by atoms with van der Waals surface area (Å²) in [4.78, 5) is 95.7. The Hall–Kier alpha value is -6.34. The molecule has 0 aliphatic carbocycles. The molecular weight excluding hydrogens is 815 g/mol. The third kappa shape index (κ3) is 9.28. The second-order valence-electron chi connectivity index (χ2n) is 15.7. The molecule has 4 aliphatic heterocycles. The predicted molar refractivity (Wildman–Crippen MR) is 229 cm³/mol. The van der Waals surface area contributed by atoms with Gasteiger partial charge in [-0.05, 0) is 86.6 Å². The summed E-state index contributed by atoms with van der Waals surface area (Å²) in [7, 11) is 0.118. The maximum Gasteiger partial charge on any atom is 0.264 e. The van der Waals surface area contributed by atoms with Gasteiger partial charge in [-0.15, -0.1) is 0 Å². The molecule has 2 N–H and O–H groups in total. The number of ether oxygens (including phenoxy) is 2. The predicted octanol–water partition coefficient (Wildman–Crippen LogP) is 4.36. The maximum absolute atomic E-state index is 14.0. The Morgan fingerprint density at radius 2 is 1.66 bits per heavy atom. The fourth-order valence-electron chi connectivity index (χ4n) is 8.49. The fourth-order valence-corrected chi connectivity index (χ4v) is 9.28. The first-order chi connectivity index (χ1) is 29.9. The number of unbranched alkanes of at least 4 members (excludes halogenated alkanes) is 1. The third-order valence-electron chi connectivity index (χ3n) is 11.7. The summed E-state index contributed by atoms with van der Waals surface area (Å²) < 4.78 is 23.7. The number of rotatable bonds is 14. The Morgan fingerprint density at radius 1 is 0.919 bits per heavy atom. The molecule has 3 atom stereocenters. The highest BCUT2D eigenvalue weighted by Crippen LogP contribution is 2.38. The number of anilines is 1. The van der Waals surface area contributed by atoms with Gasteiger partial charge in [-0.2, -0.15) is 0 Å². The summed E-state index contributed by atoms with van der Waals surface area (Å²) in [5, 5.41) is 5.13. The molecule has 0 bridgehead atoms. The Kier molecular flexibility index (Phi) is 13.5. The molecule has 7 amide bonds. The maximum atomic E-state index is 14.0. The molecule has 4 heterocycles. The van der Waals surface area contributed by atoms with Crippen molar-refractivity contribution in [2.75, 3.05) is 44.1 Å². The average Bonchev–Trinajstić information content (AvgIpc) is 3.72. The number of amides is 7. The zero-order valence-corrected chi connectivity index (χ0v) is 35.8. The van der Waals surface area contributed by atoms with Crippen LogP contribution in [0.3, 0.4) is 0 Å². The largest absolute Gasteiger partial charge is 0.493 e. The molecular formula is C46H49N5O10S. The smallest absolute Gasteiger partial charge is 0.264 e. The Labute approximate surface area is 362 Å². The van der Waals surface area contributed by atoms with Crippen LogP contribution in [0.25, 0.3) is 0 Å². The van der Waals surface area contributed by atoms with E-state index in [1.807, 2.05) is 17.9 Å². The number of hydrogen-bond donors (Lipinski definition) is 2. The third-order valence-corrected chi connectivity index (χ3v) is 12.5. The number of carbonyl (C=O) groups is 7. The summed E-state index contributed by atoms with van der Waals surface area (Å²) >= 11 is 0. The van der Waals surface area contributed by atoms with Gasteiger partial charge in [0.2, 0.25) is 23.6 Å². The van der Waals surface area contributed by atoms with Crippen molar-refractivity contribution in [3.63, 3.8) is 0 Å². The molecule has 15 nitrogen and oxygen atoms in total. The molecule has 62 heavy (non-hydrogen) atoms. The molecule has 4 aliphatic rings. The van der Waals surface area contributed by atoms with E-state index < -0.39 is 40.6 Å². The van der Waals surface area contributed by atoms with Crippen LogP contribution >= 0.6 is 0 Å². The lowest BCUT2D eigenvalue weighted by Crippen LogP contribution is -2.52. The summed E-state index contributed by atoms with van der Waals surface area (Å²) in [6.45, 7) is 3.53. The van der Waals surface area contributed by atoms with Gasteiger partial charge in [-0.25, -0.2) is 0 Å². The molecule has 0 radical (unpaired) electrons. The molecule has 3 aromatic carbocycles. The molecule has 0 saturated carbocycles. The van der Waals surface area contributed by atoms with Crippen LogP contribution in [0.2, 0.25) is 0 Å². The zero-order valence-electron chi connectivity index (χ0n) is 35.0. The van der Waals surface area contributed by atoms with Crippen molar-refractivity contribution in [2.45, 2.75) is 76.9 Å². The number of imide groups is 2. The van der Waals surface area contributed by atoms with Crippen LogP contribution in [0.5, 0.6) is 11.5 Å². The van der Waals surface area contributed by atoms with E-state index >= 15 is 0 Å². The second kappa shape index (κ2) is 19.1. The van der Waals surface area contributed by atoms with Gasteiger partial charge in [-0.1, -0.05) is 30.0 Å². The first-order valence-corrected chi connectivity index (χ1v) is 22.6. The Bertz CT molecular complexity index is 2420. The van der Waals surface area contributed by atoms with E-state index in [1.165, 1.54) is 24.3 Å². The van der Waals surface area contributed by atoms with Crippen LogP contribution in [0, 0.1) is 17.8 Å². The summed E-state index contributed by atoms with van der Waals surface area (Å²) in [6.07, 6.45) is 4.67. The van der Waals surface area contributed by atoms with Gasteiger partial charge >= 0.3 is 0 Å². The fraction of sp³-hybridized carbons (Fsp3) is 0.413. The molecule has 2 saturated heterocycles. The molecule has 7 rings (SSSR count). The van der Waals surface area contributed by atoms with Crippen molar-refractivity contribution >= 4 is 57.8 Å². The minimum absolute atomic E-state index is 0.00244. The number of fused-ring (bicyclic) bond motifs is 2. The number of nitrogens with one attached hydrogen (secondary N) is 2. The zero-order chi connectivity index (χ0) is 44.1. The number of hydrogen-bond acceptors (Lipinski definition) is 10. The van der Waals surface area contributed by atoms with Gasteiger partial charge in [0.1, 0.15) is 6.04 Å². The number of piperidine rings is 2. The van der Waals surface area contributed by atoms with E-state index in [4.69, 9.17) is 9.47 Å². The van der Waals surface area contributed by atoms with Crippen LogP contribution in [0.15, 0.2) is 54.6 Å². The Morgan fingerprint density at radius 3 is 2.39 bits per heavy atom. The van der Waals surface area contributed by atoms with Crippen LogP contribution in [0.4, 0.5) is 5.69 Å². The number of likely N-dealkylation sites (tertiary alicyclic amines) is 1. The molecule has 0 spiro atoms. The van der Waals surface area contributed by atoms with Gasteiger partial charge < -0.3 is 24.6 Å². The van der Waals surface area contributed by atoms with E-state index in [0.29, 0.717) is 68.0 Å². The molecule has 3 unspecified atom stereocenters. The summed E-state index contributed by atoms with van der Waals surface area (Å²) in [5.74, 6) is 4.99. The topological polar surface area (TPSA) is 189 Å². The summed E-state index contributed by atoms with van der Waals surface area (Å²) in [6, 6.07) is 13.6. The van der Waals surface area contributed by atoms with Crippen molar-refractivity contribution in [3.8, 4) is 23.3 Å². The normalized spacial score (nSPS) is 18.4. The molecule has 324 valence electrons. The van der Waals surface area contributed by atoms with Crippen molar-refractivity contribution in [3.05, 3.63) is 88.0 Å². The van der Waals surface area contributed by atoms with Gasteiger partial charge in [0.05, 0.1) is 36.6 Å². The van der Waals surface area contributed by atoms with Crippen LogP contribution in [-0.2, 0) is 36.5 Å². The van der Waals surface area contributed by atoms with Crippen molar-refractivity contribution < 1.29 is 47.2 Å². The SMILES string of the molecule is CCOc1cc(C(CS(C)=O)N2C(=O)c3cccc(NC(=O)CCCCC(=O)N4CCC(C#Cc5cccc6c5CN(C5CCC(=O)NC5=O)C6=O)CC4)c3C2=O)ccc1OC.